The fourth-order valence-corrected chi connectivity index (χ4v) is 3.05. The molecule has 0 aromatic heterocycles. The van der Waals surface area contributed by atoms with Gasteiger partial charge in [-0.25, -0.2) is 17.1 Å². The second-order valence-corrected chi connectivity index (χ2v) is 7.71. The van der Waals surface area contributed by atoms with Crippen LogP contribution in [0.25, 0.3) is 0 Å². The van der Waals surface area contributed by atoms with Gasteiger partial charge in [-0.3, -0.25) is 0 Å². The molecule has 0 radical (unpaired) electrons. The van der Waals surface area contributed by atoms with Crippen molar-refractivity contribution in [1.82, 2.24) is 4.31 Å². The van der Waals surface area contributed by atoms with Crippen molar-refractivity contribution in [3.63, 3.8) is 0 Å². The highest BCUT2D eigenvalue weighted by Crippen LogP contribution is 2.32. The molecule has 0 aliphatic heterocycles. The predicted octanol–water partition coefficient (Wildman–Crippen LogP) is 3.26. The molecular weight excluding hydrogens is 372 g/mol. The average Bonchev–Trinajstić information content (AvgIpc) is 2.42. The molecule has 140 valence electrons. The highest BCUT2D eigenvalue weighted by atomic mass is 35.5. The average molecular weight is 393 g/mol. The minimum absolute atomic E-state index is 0. The van der Waals surface area contributed by atoms with Crippen molar-refractivity contribution in [1.29, 1.82) is 0 Å². The Labute approximate surface area is 145 Å². The van der Waals surface area contributed by atoms with Crippen LogP contribution in [0.15, 0.2) is 23.1 Å². The first-order valence-corrected chi connectivity index (χ1v) is 8.40. The quantitative estimate of drug-likeness (QED) is 0.756. The van der Waals surface area contributed by atoms with E-state index in [2.05, 4.69) is 0 Å². The summed E-state index contributed by atoms with van der Waals surface area (Å²) in [7, 11) is -2.80. The van der Waals surface area contributed by atoms with Gasteiger partial charge in [0.25, 0.3) is 0 Å². The second-order valence-electron chi connectivity index (χ2n) is 5.66. The Balaban J connectivity index is 0.00000529. The number of nitrogens with two attached hydrogens (primary N) is 1. The van der Waals surface area contributed by atoms with Gasteiger partial charge < -0.3 is 5.73 Å². The summed E-state index contributed by atoms with van der Waals surface area (Å²) in [6.07, 6.45) is -4.49. The third-order valence-corrected chi connectivity index (χ3v) is 5.44. The molecule has 0 fully saturated rings. The van der Waals surface area contributed by atoms with Gasteiger partial charge >= 0.3 is 6.18 Å². The highest BCUT2D eigenvalue weighted by Gasteiger charge is 2.35. The van der Waals surface area contributed by atoms with Crippen molar-refractivity contribution in [3.05, 3.63) is 29.6 Å². The molecule has 0 saturated heterocycles. The van der Waals surface area contributed by atoms with Crippen LogP contribution in [0.1, 0.15) is 25.8 Å². The molecule has 1 aromatic carbocycles. The van der Waals surface area contributed by atoms with Gasteiger partial charge in [-0.05, 0) is 30.5 Å². The van der Waals surface area contributed by atoms with E-state index in [-0.39, 0.29) is 30.9 Å². The van der Waals surface area contributed by atoms with Crippen molar-refractivity contribution in [2.24, 2.45) is 11.7 Å². The molecule has 0 bridgehead atoms. The lowest BCUT2D eigenvalue weighted by Gasteiger charge is -2.21. The van der Waals surface area contributed by atoms with E-state index >= 15 is 0 Å². The Bertz CT molecular complexity index is 651. The first-order valence-electron chi connectivity index (χ1n) is 6.96. The third-order valence-electron chi connectivity index (χ3n) is 3.59. The summed E-state index contributed by atoms with van der Waals surface area (Å²) in [6.45, 7) is 3.87. The zero-order valence-electron chi connectivity index (χ0n) is 13.5. The lowest BCUT2D eigenvalue weighted by atomic mass is 10.0. The van der Waals surface area contributed by atoms with Gasteiger partial charge in [0, 0.05) is 19.6 Å². The molecule has 10 heteroatoms. The molecular formula is C14H21ClF4N2O2S. The van der Waals surface area contributed by atoms with E-state index in [4.69, 9.17) is 5.73 Å². The van der Waals surface area contributed by atoms with E-state index in [1.165, 1.54) is 7.05 Å². The van der Waals surface area contributed by atoms with Crippen LogP contribution in [-0.4, -0.2) is 32.4 Å². The first-order chi connectivity index (χ1) is 10.4. The molecule has 0 amide bonds. The summed E-state index contributed by atoms with van der Waals surface area (Å²) >= 11 is 0. The number of rotatable bonds is 6. The van der Waals surface area contributed by atoms with Crippen LogP contribution in [0.3, 0.4) is 0 Å². The van der Waals surface area contributed by atoms with Crippen LogP contribution in [0.4, 0.5) is 17.6 Å². The van der Waals surface area contributed by atoms with E-state index in [0.717, 1.165) is 10.4 Å². The monoisotopic (exact) mass is 392 g/mol. The molecule has 1 atom stereocenters. The van der Waals surface area contributed by atoms with E-state index in [1.807, 2.05) is 13.8 Å². The van der Waals surface area contributed by atoms with E-state index in [9.17, 15) is 26.0 Å². The molecule has 0 spiro atoms. The van der Waals surface area contributed by atoms with Crippen molar-refractivity contribution >= 4 is 22.4 Å². The van der Waals surface area contributed by atoms with Gasteiger partial charge in [-0.1, -0.05) is 13.8 Å². The normalized spacial score (nSPS) is 13.9. The number of hydrogen-bond acceptors (Lipinski definition) is 3. The number of benzene rings is 1. The summed E-state index contributed by atoms with van der Waals surface area (Å²) in [5, 5.41) is 0. The minimum atomic E-state index is -4.87. The maximum Gasteiger partial charge on any atom is 0.419 e. The highest BCUT2D eigenvalue weighted by molar-refractivity contribution is 7.89. The lowest BCUT2D eigenvalue weighted by molar-refractivity contribution is -0.140. The van der Waals surface area contributed by atoms with E-state index in [0.29, 0.717) is 18.6 Å². The maximum absolute atomic E-state index is 13.5. The fraction of sp³-hybridized carbons (Fsp3) is 0.571. The van der Waals surface area contributed by atoms with Crippen LogP contribution in [0.5, 0.6) is 0 Å². The number of hydrogen-bond donors (Lipinski definition) is 1. The standard InChI is InChI=1S/C14H20F4N2O2S.ClH/c1-9(2)13(19)6-7-20(3)23(21,22)10-4-5-11(12(15)8-10)14(16,17)18;/h4-5,8-9,13H,6-7,19H2,1-3H3;1H. The Kier molecular flexibility index (Phi) is 8.14. The summed E-state index contributed by atoms with van der Waals surface area (Å²) in [5.74, 6) is -1.46. The van der Waals surface area contributed by atoms with Crippen LogP contribution in [0.2, 0.25) is 0 Å². The minimum Gasteiger partial charge on any atom is -0.327 e. The number of nitrogens with zero attached hydrogens (tertiary/aromatic N) is 1. The Morgan fingerprint density at radius 2 is 1.79 bits per heavy atom. The van der Waals surface area contributed by atoms with Gasteiger partial charge in [0.05, 0.1) is 10.5 Å². The molecule has 4 nitrogen and oxygen atoms in total. The van der Waals surface area contributed by atoms with Crippen LogP contribution in [0, 0.1) is 11.7 Å². The van der Waals surface area contributed by atoms with E-state index < -0.39 is 32.5 Å². The van der Waals surface area contributed by atoms with Gasteiger partial charge in [0.2, 0.25) is 10.0 Å². The molecule has 0 aliphatic rings. The lowest BCUT2D eigenvalue weighted by Crippen LogP contribution is -2.34. The number of alkyl halides is 3. The summed E-state index contributed by atoms with van der Waals surface area (Å²) < 4.78 is 76.5. The number of halogens is 5. The fourth-order valence-electron chi connectivity index (χ4n) is 1.85. The summed E-state index contributed by atoms with van der Waals surface area (Å²) in [4.78, 5) is -0.524. The Morgan fingerprint density at radius 1 is 1.25 bits per heavy atom. The molecule has 0 saturated carbocycles. The Hall–Kier alpha value is -0.900. The largest absolute Gasteiger partial charge is 0.419 e. The molecule has 24 heavy (non-hydrogen) atoms. The first kappa shape index (κ1) is 23.1. The SMILES string of the molecule is CC(C)C(N)CCN(C)S(=O)(=O)c1ccc(C(F)(F)F)c(F)c1.Cl. The van der Waals surface area contributed by atoms with Crippen LogP contribution in [-0.2, 0) is 16.2 Å². The van der Waals surface area contributed by atoms with E-state index in [1.54, 1.807) is 0 Å². The topological polar surface area (TPSA) is 63.4 Å². The number of sulfonamides is 1. The molecule has 0 aliphatic carbocycles. The van der Waals surface area contributed by atoms with Gasteiger partial charge in [-0.15, -0.1) is 12.4 Å². The van der Waals surface area contributed by atoms with Crippen molar-refractivity contribution < 1.29 is 26.0 Å². The van der Waals surface area contributed by atoms with Gasteiger partial charge in [-0.2, -0.15) is 13.2 Å². The van der Waals surface area contributed by atoms with Gasteiger partial charge in [0.1, 0.15) is 5.82 Å². The van der Waals surface area contributed by atoms with Crippen LogP contribution < -0.4 is 5.73 Å². The maximum atomic E-state index is 13.5. The summed E-state index contributed by atoms with van der Waals surface area (Å²) in [5.41, 5.74) is 4.33. The van der Waals surface area contributed by atoms with Crippen molar-refractivity contribution in [3.8, 4) is 0 Å². The zero-order chi connectivity index (χ0) is 18.0. The predicted molar refractivity (Wildman–Crippen MR) is 85.9 cm³/mol. The zero-order valence-corrected chi connectivity index (χ0v) is 15.1. The summed E-state index contributed by atoms with van der Waals surface area (Å²) in [6, 6.07) is 1.35. The van der Waals surface area contributed by atoms with Crippen LogP contribution >= 0.6 is 12.4 Å². The second kappa shape index (κ2) is 8.46. The molecule has 0 heterocycles. The third kappa shape index (κ3) is 5.58. The molecule has 2 N–H and O–H groups in total. The van der Waals surface area contributed by atoms with Crippen molar-refractivity contribution in [2.45, 2.75) is 37.4 Å². The molecule has 1 aromatic rings. The van der Waals surface area contributed by atoms with Gasteiger partial charge in [0.15, 0.2) is 0 Å². The Morgan fingerprint density at radius 3 is 2.21 bits per heavy atom. The van der Waals surface area contributed by atoms with Crippen molar-refractivity contribution in [2.75, 3.05) is 13.6 Å². The smallest absolute Gasteiger partial charge is 0.327 e. The molecule has 1 rings (SSSR count). The molecule has 1 unspecified atom stereocenters.